The number of rotatable bonds is 2. The number of hydrogen-bond donors (Lipinski definition) is 0. The van der Waals surface area contributed by atoms with E-state index in [0.717, 1.165) is 5.33 Å². The van der Waals surface area contributed by atoms with E-state index in [2.05, 4.69) is 61.8 Å². The second-order valence-corrected chi connectivity index (χ2v) is 6.39. The van der Waals surface area contributed by atoms with Gasteiger partial charge in [-0.2, -0.15) is 5.10 Å². The normalized spacial score (nSPS) is 13.3. The lowest BCUT2D eigenvalue weighted by Gasteiger charge is -2.26. The first-order valence-corrected chi connectivity index (χ1v) is 6.41. The van der Waals surface area contributed by atoms with Crippen molar-refractivity contribution in [3.05, 3.63) is 17.5 Å². The van der Waals surface area contributed by atoms with Gasteiger partial charge in [0, 0.05) is 35.0 Å². The third-order valence-corrected chi connectivity index (χ3v) is 4.00. The first kappa shape index (κ1) is 12.8. The van der Waals surface area contributed by atoms with Gasteiger partial charge >= 0.3 is 0 Å². The summed E-state index contributed by atoms with van der Waals surface area (Å²) in [4.78, 5) is 0. The quantitative estimate of drug-likeness (QED) is 0.755. The van der Waals surface area contributed by atoms with Crippen molar-refractivity contribution in [2.24, 2.45) is 7.05 Å². The van der Waals surface area contributed by atoms with Crippen LogP contribution in [-0.4, -0.2) is 15.1 Å². The number of aryl methyl sites for hydroxylation is 1. The standard InChI is InChI=1S/C12H21BrN2/c1-11(2,3)10-9(7-15(6)14-10)12(4,5)8-13/h7H,8H2,1-6H3. The molecule has 0 saturated heterocycles. The molecule has 0 aliphatic rings. The van der Waals surface area contributed by atoms with Crippen LogP contribution in [0.4, 0.5) is 0 Å². The fourth-order valence-electron chi connectivity index (χ4n) is 1.61. The number of aromatic nitrogens is 2. The number of halogens is 1. The largest absolute Gasteiger partial charge is 0.275 e. The lowest BCUT2D eigenvalue weighted by Crippen LogP contribution is -2.24. The summed E-state index contributed by atoms with van der Waals surface area (Å²) in [5, 5.41) is 5.55. The average molecular weight is 273 g/mol. The fraction of sp³-hybridized carbons (Fsp3) is 0.750. The van der Waals surface area contributed by atoms with E-state index in [0.29, 0.717) is 0 Å². The van der Waals surface area contributed by atoms with Crippen LogP contribution in [0.1, 0.15) is 45.9 Å². The molecule has 0 spiro atoms. The molecule has 0 N–H and O–H groups in total. The summed E-state index contributed by atoms with van der Waals surface area (Å²) in [7, 11) is 1.99. The Bertz CT molecular complexity index is 345. The van der Waals surface area contributed by atoms with Gasteiger partial charge in [-0.1, -0.05) is 50.5 Å². The lowest BCUT2D eigenvalue weighted by atomic mass is 9.80. The van der Waals surface area contributed by atoms with Crippen molar-refractivity contribution in [1.82, 2.24) is 9.78 Å². The third-order valence-electron chi connectivity index (χ3n) is 2.60. The molecule has 0 atom stereocenters. The molecule has 0 bridgehead atoms. The predicted octanol–water partition coefficient (Wildman–Crippen LogP) is 3.39. The number of hydrogen-bond acceptors (Lipinski definition) is 1. The highest BCUT2D eigenvalue weighted by Crippen LogP contribution is 2.33. The highest BCUT2D eigenvalue weighted by atomic mass is 79.9. The molecular weight excluding hydrogens is 252 g/mol. The van der Waals surface area contributed by atoms with E-state index in [4.69, 9.17) is 0 Å². The van der Waals surface area contributed by atoms with Gasteiger partial charge in [0.05, 0.1) is 5.69 Å². The maximum absolute atomic E-state index is 4.59. The smallest absolute Gasteiger partial charge is 0.0715 e. The van der Waals surface area contributed by atoms with Crippen LogP contribution in [0, 0.1) is 0 Å². The second-order valence-electron chi connectivity index (χ2n) is 5.83. The molecular formula is C12H21BrN2. The van der Waals surface area contributed by atoms with E-state index >= 15 is 0 Å². The molecule has 0 saturated carbocycles. The zero-order valence-electron chi connectivity index (χ0n) is 10.6. The van der Waals surface area contributed by atoms with Gasteiger partial charge in [-0.15, -0.1) is 0 Å². The van der Waals surface area contributed by atoms with E-state index in [9.17, 15) is 0 Å². The number of nitrogens with zero attached hydrogens (tertiary/aromatic N) is 2. The minimum absolute atomic E-state index is 0.107. The monoisotopic (exact) mass is 272 g/mol. The lowest BCUT2D eigenvalue weighted by molar-refractivity contribution is 0.521. The predicted molar refractivity (Wildman–Crippen MR) is 68.7 cm³/mol. The highest BCUT2D eigenvalue weighted by Gasteiger charge is 2.30. The van der Waals surface area contributed by atoms with Gasteiger partial charge in [0.25, 0.3) is 0 Å². The Labute approximate surface area is 101 Å². The Balaban J connectivity index is 3.30. The summed E-state index contributed by atoms with van der Waals surface area (Å²) in [6, 6.07) is 0. The molecule has 0 aliphatic carbocycles. The zero-order valence-corrected chi connectivity index (χ0v) is 12.1. The van der Waals surface area contributed by atoms with Crippen LogP contribution in [0.3, 0.4) is 0 Å². The maximum atomic E-state index is 4.59. The van der Waals surface area contributed by atoms with Crippen LogP contribution in [0.25, 0.3) is 0 Å². The topological polar surface area (TPSA) is 17.8 Å². The molecule has 0 amide bonds. The Morgan fingerprint density at radius 1 is 1.27 bits per heavy atom. The minimum atomic E-state index is 0.107. The van der Waals surface area contributed by atoms with Crippen LogP contribution in [0.5, 0.6) is 0 Å². The number of alkyl halides is 1. The van der Waals surface area contributed by atoms with E-state index in [1.165, 1.54) is 11.3 Å². The minimum Gasteiger partial charge on any atom is -0.275 e. The molecule has 0 fully saturated rings. The van der Waals surface area contributed by atoms with E-state index in [1.807, 2.05) is 11.7 Å². The van der Waals surface area contributed by atoms with Gasteiger partial charge in [-0.25, -0.2) is 0 Å². The molecule has 1 aromatic rings. The van der Waals surface area contributed by atoms with Crippen molar-refractivity contribution in [3.63, 3.8) is 0 Å². The molecule has 86 valence electrons. The van der Waals surface area contributed by atoms with Crippen LogP contribution in [-0.2, 0) is 17.9 Å². The summed E-state index contributed by atoms with van der Waals surface area (Å²) in [6.07, 6.45) is 2.14. The SMILES string of the molecule is Cn1cc(C(C)(C)CBr)c(C(C)(C)C)n1. The second kappa shape index (κ2) is 3.93. The van der Waals surface area contributed by atoms with Gasteiger partial charge in [-0.3, -0.25) is 4.68 Å². The molecule has 0 radical (unpaired) electrons. The highest BCUT2D eigenvalue weighted by molar-refractivity contribution is 9.09. The summed E-state index contributed by atoms with van der Waals surface area (Å²) in [5.41, 5.74) is 2.79. The first-order valence-electron chi connectivity index (χ1n) is 5.29. The van der Waals surface area contributed by atoms with Gasteiger partial charge in [-0.05, 0) is 0 Å². The summed E-state index contributed by atoms with van der Waals surface area (Å²) in [5.74, 6) is 0. The maximum Gasteiger partial charge on any atom is 0.0715 e. The Kier molecular flexibility index (Phi) is 3.34. The summed E-state index contributed by atoms with van der Waals surface area (Å²) < 4.78 is 1.92. The van der Waals surface area contributed by atoms with Crippen molar-refractivity contribution in [1.29, 1.82) is 0 Å². The zero-order chi connectivity index (χ0) is 11.9. The molecule has 0 aliphatic heterocycles. The van der Waals surface area contributed by atoms with Gasteiger partial charge < -0.3 is 0 Å². The van der Waals surface area contributed by atoms with Crippen molar-refractivity contribution >= 4 is 15.9 Å². The third kappa shape index (κ3) is 2.63. The fourth-order valence-corrected chi connectivity index (χ4v) is 1.91. The molecule has 1 heterocycles. The molecule has 0 unspecified atom stereocenters. The van der Waals surface area contributed by atoms with Crippen LogP contribution >= 0.6 is 15.9 Å². The van der Waals surface area contributed by atoms with Gasteiger partial charge in [0.2, 0.25) is 0 Å². The van der Waals surface area contributed by atoms with Gasteiger partial charge in [0.1, 0.15) is 0 Å². The van der Waals surface area contributed by atoms with Crippen molar-refractivity contribution in [2.45, 2.75) is 45.4 Å². The summed E-state index contributed by atoms with van der Waals surface area (Å²) >= 11 is 3.58. The van der Waals surface area contributed by atoms with Crippen molar-refractivity contribution < 1.29 is 0 Å². The molecule has 0 aromatic carbocycles. The van der Waals surface area contributed by atoms with Crippen LogP contribution in [0.2, 0.25) is 0 Å². The Hall–Kier alpha value is -0.310. The van der Waals surface area contributed by atoms with E-state index < -0.39 is 0 Å². The molecule has 15 heavy (non-hydrogen) atoms. The Morgan fingerprint density at radius 3 is 2.20 bits per heavy atom. The van der Waals surface area contributed by atoms with E-state index in [-0.39, 0.29) is 10.8 Å². The first-order chi connectivity index (χ1) is 6.68. The Morgan fingerprint density at radius 2 is 1.80 bits per heavy atom. The molecule has 3 heteroatoms. The molecule has 1 rings (SSSR count). The van der Waals surface area contributed by atoms with Crippen LogP contribution in [0.15, 0.2) is 6.20 Å². The molecule has 1 aromatic heterocycles. The van der Waals surface area contributed by atoms with Crippen molar-refractivity contribution in [2.75, 3.05) is 5.33 Å². The van der Waals surface area contributed by atoms with Crippen molar-refractivity contribution in [3.8, 4) is 0 Å². The summed E-state index contributed by atoms with van der Waals surface area (Å²) in [6.45, 7) is 11.1. The average Bonchev–Trinajstić information content (AvgIpc) is 2.47. The van der Waals surface area contributed by atoms with E-state index in [1.54, 1.807) is 0 Å². The van der Waals surface area contributed by atoms with Crippen LogP contribution < -0.4 is 0 Å². The van der Waals surface area contributed by atoms with Gasteiger partial charge in [0.15, 0.2) is 0 Å². The molecule has 2 nitrogen and oxygen atoms in total.